The van der Waals surface area contributed by atoms with Gasteiger partial charge in [0.1, 0.15) is 11.7 Å². The molecule has 9 nitrogen and oxygen atoms in total. The fourth-order valence-corrected chi connectivity index (χ4v) is 5.91. The quantitative estimate of drug-likeness (QED) is 0.450. The molecule has 0 spiro atoms. The molecule has 1 unspecified atom stereocenters. The standard InChI is InChI=1S/C30H33Cl2N5O4/c1-16-12-24-21(14-35(16)28(39)19-8-11-22(31)23(32)13-19)26-29(40)36(15-25(27(38)33-5)37(26)34-24)17(2)18-6-9-20(10-7-18)30(3,4)41/h6-11,13,16-17,25,41H,12,14-15H2,1-5H3,(H,33,38)/t16-,17?,25+/m1/s1. The molecule has 0 radical (unpaired) electrons. The Balaban J connectivity index is 1.52. The van der Waals surface area contributed by atoms with Crippen molar-refractivity contribution in [3.8, 4) is 0 Å². The summed E-state index contributed by atoms with van der Waals surface area (Å²) in [5.41, 5.74) is 2.70. The summed E-state index contributed by atoms with van der Waals surface area (Å²) in [4.78, 5) is 44.1. The Kier molecular flexibility index (Phi) is 7.65. The Bertz CT molecular complexity index is 1530. The molecule has 0 bridgehead atoms. The molecule has 0 saturated heterocycles. The number of nitrogens with zero attached hydrogens (tertiary/aromatic N) is 4. The van der Waals surface area contributed by atoms with E-state index in [0.29, 0.717) is 34.0 Å². The molecule has 2 aliphatic heterocycles. The number of hydrogen-bond donors (Lipinski definition) is 2. The van der Waals surface area contributed by atoms with Crippen molar-refractivity contribution in [1.82, 2.24) is 24.9 Å². The zero-order chi connectivity index (χ0) is 29.8. The number of likely N-dealkylation sites (N-methyl/N-ethyl adjacent to an activating group) is 1. The molecule has 0 saturated carbocycles. The molecule has 2 aliphatic rings. The van der Waals surface area contributed by atoms with Crippen LogP contribution < -0.4 is 5.32 Å². The molecule has 2 aromatic carbocycles. The minimum absolute atomic E-state index is 0.141. The Hall–Kier alpha value is -3.40. The van der Waals surface area contributed by atoms with Gasteiger partial charge in [-0.15, -0.1) is 0 Å². The fourth-order valence-electron chi connectivity index (χ4n) is 5.61. The van der Waals surface area contributed by atoms with Crippen LogP contribution in [0.2, 0.25) is 10.0 Å². The van der Waals surface area contributed by atoms with Crippen LogP contribution in [0.4, 0.5) is 0 Å². The lowest BCUT2D eigenvalue weighted by Crippen LogP contribution is -2.49. The van der Waals surface area contributed by atoms with Gasteiger partial charge in [-0.05, 0) is 57.0 Å². The zero-order valence-corrected chi connectivity index (χ0v) is 25.1. The first-order valence-corrected chi connectivity index (χ1v) is 14.3. The molecule has 0 aliphatic carbocycles. The number of nitrogens with one attached hydrogen (secondary N) is 1. The number of hydrogen-bond acceptors (Lipinski definition) is 5. The van der Waals surface area contributed by atoms with E-state index in [1.165, 1.54) is 4.68 Å². The number of benzene rings is 2. The van der Waals surface area contributed by atoms with Crippen LogP contribution in [0.5, 0.6) is 0 Å². The minimum Gasteiger partial charge on any atom is -0.386 e. The summed E-state index contributed by atoms with van der Waals surface area (Å²) in [6.07, 6.45) is 0.435. The molecule has 1 aromatic heterocycles. The summed E-state index contributed by atoms with van der Waals surface area (Å²) >= 11 is 12.2. The molecule has 3 heterocycles. The Morgan fingerprint density at radius 3 is 2.41 bits per heavy atom. The van der Waals surface area contributed by atoms with Crippen LogP contribution in [-0.2, 0) is 23.4 Å². The molecule has 3 atom stereocenters. The van der Waals surface area contributed by atoms with Crippen LogP contribution in [0.3, 0.4) is 0 Å². The van der Waals surface area contributed by atoms with Gasteiger partial charge >= 0.3 is 0 Å². The average molecular weight is 599 g/mol. The summed E-state index contributed by atoms with van der Waals surface area (Å²) in [5, 5.41) is 18.4. The van der Waals surface area contributed by atoms with E-state index >= 15 is 0 Å². The van der Waals surface area contributed by atoms with E-state index in [2.05, 4.69) is 5.32 Å². The van der Waals surface area contributed by atoms with Gasteiger partial charge in [-0.3, -0.25) is 14.4 Å². The highest BCUT2D eigenvalue weighted by molar-refractivity contribution is 6.42. The molecule has 11 heteroatoms. The van der Waals surface area contributed by atoms with Gasteiger partial charge < -0.3 is 20.2 Å². The van der Waals surface area contributed by atoms with Gasteiger partial charge in [-0.2, -0.15) is 5.10 Å². The second kappa shape index (κ2) is 10.8. The van der Waals surface area contributed by atoms with Crippen molar-refractivity contribution >= 4 is 40.9 Å². The van der Waals surface area contributed by atoms with Crippen molar-refractivity contribution in [2.45, 2.75) is 64.4 Å². The van der Waals surface area contributed by atoms with Crippen LogP contribution in [0.25, 0.3) is 0 Å². The molecule has 3 aromatic rings. The van der Waals surface area contributed by atoms with Crippen molar-refractivity contribution in [3.05, 3.63) is 86.2 Å². The van der Waals surface area contributed by atoms with Gasteiger partial charge in [0.2, 0.25) is 5.91 Å². The fraction of sp³-hybridized carbons (Fsp3) is 0.400. The Morgan fingerprint density at radius 2 is 1.80 bits per heavy atom. The monoisotopic (exact) mass is 597 g/mol. The highest BCUT2D eigenvalue weighted by Gasteiger charge is 2.43. The highest BCUT2D eigenvalue weighted by atomic mass is 35.5. The SMILES string of the molecule is CNC(=O)[C@@H]1CN(C(C)c2ccc(C(C)(C)O)cc2)C(=O)c2c3c(nn21)C[C@@H](C)N(C(=O)c1ccc(Cl)c(Cl)c1)C3. The lowest BCUT2D eigenvalue weighted by atomic mass is 9.94. The van der Waals surface area contributed by atoms with Gasteiger partial charge in [0.05, 0.1) is 40.5 Å². The van der Waals surface area contributed by atoms with Crippen molar-refractivity contribution < 1.29 is 19.5 Å². The maximum atomic E-state index is 14.1. The summed E-state index contributed by atoms with van der Waals surface area (Å²) in [6.45, 7) is 7.59. The number of amides is 3. The largest absolute Gasteiger partial charge is 0.386 e. The number of aliphatic hydroxyl groups is 1. The first-order valence-electron chi connectivity index (χ1n) is 13.5. The number of fused-ring (bicyclic) bond motifs is 3. The van der Waals surface area contributed by atoms with Crippen LogP contribution >= 0.6 is 23.2 Å². The van der Waals surface area contributed by atoms with Crippen LogP contribution in [0, 0.1) is 0 Å². The highest BCUT2D eigenvalue weighted by Crippen LogP contribution is 2.36. The lowest BCUT2D eigenvalue weighted by molar-refractivity contribution is -0.125. The summed E-state index contributed by atoms with van der Waals surface area (Å²) < 4.78 is 1.53. The van der Waals surface area contributed by atoms with E-state index in [9.17, 15) is 19.5 Å². The first kappa shape index (κ1) is 29.1. The van der Waals surface area contributed by atoms with Gasteiger partial charge in [0.15, 0.2) is 0 Å². The predicted molar refractivity (Wildman–Crippen MR) is 156 cm³/mol. The normalized spacial score (nSPS) is 19.5. The van der Waals surface area contributed by atoms with Gasteiger partial charge in [-0.1, -0.05) is 47.5 Å². The van der Waals surface area contributed by atoms with E-state index < -0.39 is 11.6 Å². The van der Waals surface area contributed by atoms with E-state index in [4.69, 9.17) is 28.3 Å². The minimum atomic E-state index is -0.990. The molecule has 0 fully saturated rings. The average Bonchev–Trinajstić information content (AvgIpc) is 3.31. The lowest BCUT2D eigenvalue weighted by Gasteiger charge is -2.38. The summed E-state index contributed by atoms with van der Waals surface area (Å²) in [6, 6.07) is 10.9. The van der Waals surface area contributed by atoms with Crippen LogP contribution in [0.15, 0.2) is 42.5 Å². The molecule has 41 heavy (non-hydrogen) atoms. The van der Waals surface area contributed by atoms with E-state index in [0.717, 1.165) is 11.1 Å². The molecule has 5 rings (SSSR count). The van der Waals surface area contributed by atoms with Gasteiger partial charge in [0, 0.05) is 30.6 Å². The summed E-state index contributed by atoms with van der Waals surface area (Å²) in [5.74, 6) is -0.746. The smallest absolute Gasteiger partial charge is 0.273 e. The van der Waals surface area contributed by atoms with Crippen molar-refractivity contribution in [2.75, 3.05) is 13.6 Å². The second-order valence-corrected chi connectivity index (χ2v) is 12.1. The third-order valence-corrected chi connectivity index (χ3v) is 8.85. The van der Waals surface area contributed by atoms with Gasteiger partial charge in [0.25, 0.3) is 11.8 Å². The predicted octanol–water partition coefficient (Wildman–Crippen LogP) is 4.51. The third kappa shape index (κ3) is 5.22. The molecule has 216 valence electrons. The van der Waals surface area contributed by atoms with E-state index in [1.807, 2.05) is 38.1 Å². The maximum absolute atomic E-state index is 14.1. The maximum Gasteiger partial charge on any atom is 0.273 e. The zero-order valence-electron chi connectivity index (χ0n) is 23.6. The number of carbonyl (C=O) groups excluding carboxylic acids is 3. The molecule has 2 N–H and O–H groups in total. The van der Waals surface area contributed by atoms with Crippen molar-refractivity contribution in [1.29, 1.82) is 0 Å². The van der Waals surface area contributed by atoms with Crippen molar-refractivity contribution in [2.24, 2.45) is 0 Å². The van der Waals surface area contributed by atoms with E-state index in [1.54, 1.807) is 48.9 Å². The Labute approximate surface area is 249 Å². The van der Waals surface area contributed by atoms with Crippen molar-refractivity contribution in [3.63, 3.8) is 0 Å². The molecule has 3 amide bonds. The molecular formula is C30H33Cl2N5O4. The van der Waals surface area contributed by atoms with Gasteiger partial charge in [-0.25, -0.2) is 4.68 Å². The second-order valence-electron chi connectivity index (χ2n) is 11.3. The van der Waals surface area contributed by atoms with E-state index in [-0.39, 0.29) is 47.9 Å². The van der Waals surface area contributed by atoms with Crippen LogP contribution in [0.1, 0.15) is 83.0 Å². The topological polar surface area (TPSA) is 108 Å². The molecular weight excluding hydrogens is 565 g/mol. The van der Waals surface area contributed by atoms with Crippen LogP contribution in [-0.4, -0.2) is 62.0 Å². The Morgan fingerprint density at radius 1 is 1.12 bits per heavy atom. The summed E-state index contributed by atoms with van der Waals surface area (Å²) in [7, 11) is 1.56. The number of rotatable bonds is 5. The first-order chi connectivity index (χ1) is 19.3. The third-order valence-electron chi connectivity index (χ3n) is 8.11. The number of carbonyl (C=O) groups is 3. The number of halogens is 2. The number of aromatic nitrogens is 2.